The van der Waals surface area contributed by atoms with Crippen LogP contribution in [0.3, 0.4) is 0 Å². The van der Waals surface area contributed by atoms with Gasteiger partial charge in [0.2, 0.25) is 0 Å². The number of nitrogens with one attached hydrogen (secondary N) is 2. The van der Waals surface area contributed by atoms with Crippen molar-refractivity contribution in [3.63, 3.8) is 0 Å². The quantitative estimate of drug-likeness (QED) is 0.696. The molecule has 0 aromatic heterocycles. The Morgan fingerprint density at radius 3 is 2.30 bits per heavy atom. The van der Waals surface area contributed by atoms with Crippen molar-refractivity contribution in [2.45, 2.75) is 20.3 Å². The summed E-state index contributed by atoms with van der Waals surface area (Å²) in [6, 6.07) is 12.2. The lowest BCUT2D eigenvalue weighted by Crippen LogP contribution is -2.43. The van der Waals surface area contributed by atoms with Gasteiger partial charge in [0.25, 0.3) is 11.8 Å². The zero-order chi connectivity index (χ0) is 19.6. The van der Waals surface area contributed by atoms with Gasteiger partial charge in [-0.2, -0.15) is 0 Å². The van der Waals surface area contributed by atoms with Crippen LogP contribution in [-0.2, 0) is 11.2 Å². The van der Waals surface area contributed by atoms with Gasteiger partial charge >= 0.3 is 0 Å². The van der Waals surface area contributed by atoms with Crippen molar-refractivity contribution in [2.24, 2.45) is 0 Å². The second-order valence-corrected chi connectivity index (χ2v) is 5.59. The van der Waals surface area contributed by atoms with E-state index >= 15 is 0 Å². The van der Waals surface area contributed by atoms with Crippen molar-refractivity contribution in [3.05, 3.63) is 53.6 Å². The first-order chi connectivity index (χ1) is 13.1. The maximum absolute atomic E-state index is 12.2. The first-order valence-corrected chi connectivity index (χ1v) is 8.69. The van der Waals surface area contributed by atoms with Crippen LogP contribution in [0.25, 0.3) is 0 Å². The van der Waals surface area contributed by atoms with E-state index in [1.807, 2.05) is 19.1 Å². The van der Waals surface area contributed by atoms with Crippen LogP contribution in [-0.4, -0.2) is 32.1 Å². The Morgan fingerprint density at radius 1 is 0.926 bits per heavy atom. The van der Waals surface area contributed by atoms with Gasteiger partial charge in [-0.25, -0.2) is 0 Å². The Balaban J connectivity index is 1.84. The molecule has 0 radical (unpaired) electrons. The molecule has 0 fully saturated rings. The number of aryl methyl sites for hydroxylation is 1. The maximum Gasteiger partial charge on any atom is 0.276 e. The lowest BCUT2D eigenvalue weighted by atomic mass is 10.2. The lowest BCUT2D eigenvalue weighted by molar-refractivity contribution is -0.123. The monoisotopic (exact) mass is 372 g/mol. The smallest absolute Gasteiger partial charge is 0.276 e. The average molecular weight is 372 g/mol. The molecule has 0 aliphatic carbocycles. The van der Waals surface area contributed by atoms with Gasteiger partial charge in [-0.3, -0.25) is 20.4 Å². The molecule has 0 saturated carbocycles. The minimum absolute atomic E-state index is 0.210. The van der Waals surface area contributed by atoms with E-state index in [9.17, 15) is 9.59 Å². The Morgan fingerprint density at radius 2 is 1.67 bits per heavy atom. The Bertz CT molecular complexity index is 774. The molecule has 2 aromatic rings. The highest BCUT2D eigenvalue weighted by Gasteiger charge is 2.12. The summed E-state index contributed by atoms with van der Waals surface area (Å²) in [5, 5.41) is 0. The van der Waals surface area contributed by atoms with Crippen LogP contribution in [0.15, 0.2) is 42.5 Å². The predicted octanol–water partition coefficient (Wildman–Crippen LogP) is 2.50. The summed E-state index contributed by atoms with van der Waals surface area (Å²) in [6.07, 6.45) is 0.934. The molecule has 0 aliphatic heterocycles. The summed E-state index contributed by atoms with van der Waals surface area (Å²) in [5.41, 5.74) is 6.17. The summed E-state index contributed by atoms with van der Waals surface area (Å²) in [7, 11) is 1.49. The molecule has 0 spiro atoms. The van der Waals surface area contributed by atoms with Crippen LogP contribution < -0.4 is 25.1 Å². The second-order valence-electron chi connectivity index (χ2n) is 5.59. The molecule has 0 bridgehead atoms. The van der Waals surface area contributed by atoms with Crippen LogP contribution in [0.1, 0.15) is 29.8 Å². The third kappa shape index (κ3) is 5.91. The van der Waals surface area contributed by atoms with Crippen molar-refractivity contribution in [2.75, 3.05) is 20.3 Å². The number of benzene rings is 2. The second kappa shape index (κ2) is 10.1. The molecule has 2 N–H and O–H groups in total. The van der Waals surface area contributed by atoms with Gasteiger partial charge in [0.15, 0.2) is 18.1 Å². The van der Waals surface area contributed by atoms with Gasteiger partial charge in [-0.05, 0) is 49.2 Å². The predicted molar refractivity (Wildman–Crippen MR) is 101 cm³/mol. The molecule has 0 saturated heterocycles. The number of carbonyl (C=O) groups is 2. The summed E-state index contributed by atoms with van der Waals surface area (Å²) in [5.74, 6) is 0.625. The van der Waals surface area contributed by atoms with Crippen LogP contribution in [0, 0.1) is 0 Å². The molecule has 7 nitrogen and oxygen atoms in total. The zero-order valence-electron chi connectivity index (χ0n) is 15.7. The van der Waals surface area contributed by atoms with E-state index in [0.717, 1.165) is 6.42 Å². The molecule has 2 amide bonds. The third-order valence-electron chi connectivity index (χ3n) is 3.74. The molecule has 7 heteroatoms. The average Bonchev–Trinajstić information content (AvgIpc) is 2.71. The number of carbonyl (C=O) groups excluding carboxylic acids is 2. The van der Waals surface area contributed by atoms with E-state index in [2.05, 4.69) is 17.8 Å². The van der Waals surface area contributed by atoms with Crippen molar-refractivity contribution < 1.29 is 23.8 Å². The van der Waals surface area contributed by atoms with Crippen LogP contribution in [0.5, 0.6) is 17.2 Å². The number of hydrogen-bond acceptors (Lipinski definition) is 5. The number of ether oxygens (including phenoxy) is 3. The summed E-state index contributed by atoms with van der Waals surface area (Å²) >= 11 is 0. The molecule has 27 heavy (non-hydrogen) atoms. The van der Waals surface area contributed by atoms with Crippen molar-refractivity contribution in [3.8, 4) is 17.2 Å². The molecular formula is C20H24N2O5. The normalized spacial score (nSPS) is 10.0. The first kappa shape index (κ1) is 20.1. The fourth-order valence-corrected chi connectivity index (χ4v) is 2.29. The van der Waals surface area contributed by atoms with Gasteiger partial charge < -0.3 is 14.2 Å². The summed E-state index contributed by atoms with van der Waals surface area (Å²) in [6.45, 7) is 4.19. The van der Waals surface area contributed by atoms with Crippen LogP contribution >= 0.6 is 0 Å². The zero-order valence-corrected chi connectivity index (χ0v) is 15.7. The van der Waals surface area contributed by atoms with Crippen LogP contribution in [0.2, 0.25) is 0 Å². The fourth-order valence-electron chi connectivity index (χ4n) is 2.29. The number of rotatable bonds is 8. The standard InChI is InChI=1S/C20H24N2O5/c1-4-14-6-9-16(10-7-14)27-13-19(23)21-22-20(24)15-8-11-17(26-5-2)18(12-15)25-3/h6-12H,4-5,13H2,1-3H3,(H,21,23)(H,22,24). The molecule has 2 rings (SSSR count). The highest BCUT2D eigenvalue weighted by atomic mass is 16.5. The van der Waals surface area contributed by atoms with Gasteiger partial charge in [0.05, 0.1) is 13.7 Å². The van der Waals surface area contributed by atoms with Crippen molar-refractivity contribution in [1.82, 2.24) is 10.9 Å². The Kier molecular flexibility index (Phi) is 7.49. The topological polar surface area (TPSA) is 85.9 Å². The fraction of sp³-hybridized carbons (Fsp3) is 0.300. The lowest BCUT2D eigenvalue weighted by Gasteiger charge is -2.12. The van der Waals surface area contributed by atoms with Gasteiger partial charge in [-0.1, -0.05) is 19.1 Å². The number of hydrogen-bond donors (Lipinski definition) is 2. The number of hydrazine groups is 1. The minimum atomic E-state index is -0.475. The maximum atomic E-state index is 12.2. The van der Waals surface area contributed by atoms with E-state index in [1.165, 1.54) is 18.7 Å². The molecule has 2 aromatic carbocycles. The Hall–Kier alpha value is -3.22. The largest absolute Gasteiger partial charge is 0.493 e. The van der Waals surface area contributed by atoms with Crippen LogP contribution in [0.4, 0.5) is 0 Å². The number of amides is 2. The molecular weight excluding hydrogens is 348 g/mol. The molecule has 144 valence electrons. The van der Waals surface area contributed by atoms with Crippen molar-refractivity contribution in [1.29, 1.82) is 0 Å². The highest BCUT2D eigenvalue weighted by Crippen LogP contribution is 2.27. The molecule has 0 heterocycles. The van der Waals surface area contributed by atoms with Gasteiger partial charge in [-0.15, -0.1) is 0 Å². The van der Waals surface area contributed by atoms with E-state index < -0.39 is 11.8 Å². The van der Waals surface area contributed by atoms with E-state index in [4.69, 9.17) is 14.2 Å². The SMILES string of the molecule is CCOc1ccc(C(=O)NNC(=O)COc2ccc(CC)cc2)cc1OC. The highest BCUT2D eigenvalue weighted by molar-refractivity contribution is 5.96. The molecule has 0 atom stereocenters. The Labute approximate surface area is 158 Å². The third-order valence-corrected chi connectivity index (χ3v) is 3.74. The van der Waals surface area contributed by atoms with E-state index in [1.54, 1.807) is 24.3 Å². The van der Waals surface area contributed by atoms with E-state index in [0.29, 0.717) is 29.4 Å². The van der Waals surface area contributed by atoms with E-state index in [-0.39, 0.29) is 6.61 Å². The number of methoxy groups -OCH3 is 1. The minimum Gasteiger partial charge on any atom is -0.493 e. The van der Waals surface area contributed by atoms with Crippen molar-refractivity contribution >= 4 is 11.8 Å². The first-order valence-electron chi connectivity index (χ1n) is 8.69. The van der Waals surface area contributed by atoms with Gasteiger partial charge in [0, 0.05) is 5.56 Å². The molecule has 0 unspecified atom stereocenters. The molecule has 0 aliphatic rings. The summed E-state index contributed by atoms with van der Waals surface area (Å²) < 4.78 is 16.0. The summed E-state index contributed by atoms with van der Waals surface area (Å²) in [4.78, 5) is 24.0. The van der Waals surface area contributed by atoms with Gasteiger partial charge in [0.1, 0.15) is 5.75 Å².